The van der Waals surface area contributed by atoms with E-state index in [4.69, 9.17) is 0 Å². The van der Waals surface area contributed by atoms with Gasteiger partial charge in [0.05, 0.1) is 5.56 Å². The van der Waals surface area contributed by atoms with Gasteiger partial charge in [-0.15, -0.1) is 0 Å². The van der Waals surface area contributed by atoms with E-state index in [0.717, 1.165) is 17.7 Å². The highest BCUT2D eigenvalue weighted by molar-refractivity contribution is 9.10. The summed E-state index contributed by atoms with van der Waals surface area (Å²) in [5, 5.41) is 10.2. The molecule has 1 unspecified atom stereocenters. The summed E-state index contributed by atoms with van der Waals surface area (Å²) in [4.78, 5) is 3.93. The summed E-state index contributed by atoms with van der Waals surface area (Å²) in [6.45, 7) is 1.80. The first-order valence-electron chi connectivity index (χ1n) is 5.75. The molecule has 106 valence electrons. The molecule has 1 atom stereocenters. The average molecular weight is 346 g/mol. The van der Waals surface area contributed by atoms with Gasteiger partial charge in [0.2, 0.25) is 0 Å². The second-order valence-corrected chi connectivity index (χ2v) is 5.29. The van der Waals surface area contributed by atoms with E-state index in [2.05, 4.69) is 20.9 Å². The Kier molecular flexibility index (Phi) is 4.15. The quantitative estimate of drug-likeness (QED) is 0.882. The molecule has 0 bridgehead atoms. The second-order valence-electron chi connectivity index (χ2n) is 4.43. The van der Waals surface area contributed by atoms with Gasteiger partial charge in [-0.3, -0.25) is 4.98 Å². The second kappa shape index (κ2) is 5.54. The maximum absolute atomic E-state index is 12.7. The molecule has 0 amide bonds. The summed E-state index contributed by atoms with van der Waals surface area (Å²) in [6, 6.07) is 4.88. The minimum absolute atomic E-state index is 0.159. The van der Waals surface area contributed by atoms with Crippen LogP contribution in [0, 0.1) is 6.92 Å². The van der Waals surface area contributed by atoms with E-state index >= 15 is 0 Å². The summed E-state index contributed by atoms with van der Waals surface area (Å²) >= 11 is 3.17. The summed E-state index contributed by atoms with van der Waals surface area (Å²) in [6.07, 6.45) is -2.57. The fourth-order valence-electron chi connectivity index (χ4n) is 1.84. The van der Waals surface area contributed by atoms with Crippen LogP contribution in [-0.2, 0) is 6.18 Å². The maximum atomic E-state index is 12.7. The molecule has 0 radical (unpaired) electrons. The molecule has 0 spiro atoms. The summed E-state index contributed by atoms with van der Waals surface area (Å²) < 4.78 is 38.6. The van der Waals surface area contributed by atoms with Gasteiger partial charge in [0.1, 0.15) is 6.10 Å². The number of benzene rings is 1. The molecular weight excluding hydrogens is 335 g/mol. The fraction of sp³-hybridized carbons (Fsp3) is 0.214. The minimum Gasteiger partial charge on any atom is -0.384 e. The smallest absolute Gasteiger partial charge is 0.384 e. The van der Waals surface area contributed by atoms with Crippen molar-refractivity contribution in [1.82, 2.24) is 4.98 Å². The lowest BCUT2D eigenvalue weighted by Gasteiger charge is -2.16. The van der Waals surface area contributed by atoms with Gasteiger partial charge in [-0.2, -0.15) is 13.2 Å². The van der Waals surface area contributed by atoms with E-state index < -0.39 is 17.8 Å². The molecular formula is C14H11BrF3NO. The zero-order chi connectivity index (χ0) is 14.9. The number of halogens is 4. The van der Waals surface area contributed by atoms with E-state index in [1.165, 1.54) is 12.3 Å². The van der Waals surface area contributed by atoms with Crippen LogP contribution in [0.15, 0.2) is 41.1 Å². The molecule has 1 aromatic carbocycles. The number of aliphatic hydroxyl groups is 1. The van der Waals surface area contributed by atoms with Gasteiger partial charge in [-0.05, 0) is 36.2 Å². The van der Waals surface area contributed by atoms with Crippen LogP contribution < -0.4 is 0 Å². The number of pyridine rings is 1. The van der Waals surface area contributed by atoms with Crippen LogP contribution in [0.5, 0.6) is 0 Å². The molecule has 0 aliphatic heterocycles. The number of hydrogen-bond acceptors (Lipinski definition) is 2. The maximum Gasteiger partial charge on any atom is 0.416 e. The Balaban J connectivity index is 2.46. The van der Waals surface area contributed by atoms with Crippen molar-refractivity contribution < 1.29 is 18.3 Å². The van der Waals surface area contributed by atoms with Crippen molar-refractivity contribution >= 4 is 15.9 Å². The summed E-state index contributed by atoms with van der Waals surface area (Å²) in [7, 11) is 0. The SMILES string of the molecule is Cc1cncc(C(O)c2cc(C(F)(F)F)ccc2Br)c1. The van der Waals surface area contributed by atoms with Crippen LogP contribution in [0.3, 0.4) is 0 Å². The Morgan fingerprint density at radius 2 is 1.90 bits per heavy atom. The van der Waals surface area contributed by atoms with Gasteiger partial charge in [-0.1, -0.05) is 22.0 Å². The molecule has 0 saturated carbocycles. The molecule has 2 rings (SSSR count). The van der Waals surface area contributed by atoms with E-state index in [0.29, 0.717) is 10.0 Å². The molecule has 0 aliphatic rings. The number of hydrogen-bond donors (Lipinski definition) is 1. The zero-order valence-electron chi connectivity index (χ0n) is 10.4. The van der Waals surface area contributed by atoms with Crippen LogP contribution in [-0.4, -0.2) is 10.1 Å². The van der Waals surface area contributed by atoms with Crippen molar-refractivity contribution in [2.75, 3.05) is 0 Å². The van der Waals surface area contributed by atoms with Gasteiger partial charge in [-0.25, -0.2) is 0 Å². The van der Waals surface area contributed by atoms with Gasteiger partial charge < -0.3 is 5.11 Å². The lowest BCUT2D eigenvalue weighted by Crippen LogP contribution is -2.08. The minimum atomic E-state index is -4.44. The van der Waals surface area contributed by atoms with Crippen molar-refractivity contribution in [2.45, 2.75) is 19.2 Å². The number of nitrogens with zero attached hydrogens (tertiary/aromatic N) is 1. The van der Waals surface area contributed by atoms with Crippen LogP contribution in [0.2, 0.25) is 0 Å². The predicted octanol–water partition coefficient (Wildman–Crippen LogP) is 4.25. The lowest BCUT2D eigenvalue weighted by atomic mass is 10.00. The van der Waals surface area contributed by atoms with E-state index in [1.807, 2.05) is 0 Å². The lowest BCUT2D eigenvalue weighted by molar-refractivity contribution is -0.137. The molecule has 1 N–H and O–H groups in total. The number of aromatic nitrogens is 1. The van der Waals surface area contributed by atoms with Crippen LogP contribution >= 0.6 is 15.9 Å². The topological polar surface area (TPSA) is 33.1 Å². The first-order valence-corrected chi connectivity index (χ1v) is 6.54. The monoisotopic (exact) mass is 345 g/mol. The summed E-state index contributed by atoms with van der Waals surface area (Å²) in [5.74, 6) is 0. The summed E-state index contributed by atoms with van der Waals surface area (Å²) in [5.41, 5.74) is 0.636. The largest absolute Gasteiger partial charge is 0.416 e. The fourth-order valence-corrected chi connectivity index (χ4v) is 2.30. The van der Waals surface area contributed by atoms with Gasteiger partial charge in [0.25, 0.3) is 0 Å². The predicted molar refractivity (Wildman–Crippen MR) is 72.2 cm³/mol. The Labute approximate surface area is 122 Å². The molecule has 6 heteroatoms. The molecule has 2 aromatic rings. The third-order valence-corrected chi connectivity index (χ3v) is 3.55. The van der Waals surface area contributed by atoms with Crippen LogP contribution in [0.1, 0.15) is 28.4 Å². The number of aryl methyl sites for hydroxylation is 1. The molecule has 20 heavy (non-hydrogen) atoms. The number of alkyl halides is 3. The normalized spacial score (nSPS) is 13.3. The van der Waals surface area contributed by atoms with E-state index in [1.54, 1.807) is 19.2 Å². The Morgan fingerprint density at radius 3 is 2.50 bits per heavy atom. The Morgan fingerprint density at radius 1 is 1.20 bits per heavy atom. The first-order chi connectivity index (χ1) is 9.29. The van der Waals surface area contributed by atoms with Gasteiger partial charge >= 0.3 is 6.18 Å². The molecule has 0 aliphatic carbocycles. The Bertz CT molecular complexity index is 628. The van der Waals surface area contributed by atoms with Crippen molar-refractivity contribution in [3.63, 3.8) is 0 Å². The first kappa shape index (κ1) is 15.0. The van der Waals surface area contributed by atoms with E-state index in [9.17, 15) is 18.3 Å². The van der Waals surface area contributed by atoms with E-state index in [-0.39, 0.29) is 5.56 Å². The third kappa shape index (κ3) is 3.19. The highest BCUT2D eigenvalue weighted by atomic mass is 79.9. The Hall–Kier alpha value is -1.40. The van der Waals surface area contributed by atoms with Crippen molar-refractivity contribution in [3.8, 4) is 0 Å². The van der Waals surface area contributed by atoms with Crippen LogP contribution in [0.25, 0.3) is 0 Å². The number of aliphatic hydroxyl groups excluding tert-OH is 1. The third-order valence-electron chi connectivity index (χ3n) is 2.83. The molecule has 0 saturated heterocycles. The standard InChI is InChI=1S/C14H11BrF3NO/c1-8-4-9(7-19-6-8)13(20)11-5-10(14(16,17)18)2-3-12(11)15/h2-7,13,20H,1H3. The molecule has 2 nitrogen and oxygen atoms in total. The van der Waals surface area contributed by atoms with Crippen molar-refractivity contribution in [1.29, 1.82) is 0 Å². The highest BCUT2D eigenvalue weighted by Gasteiger charge is 2.31. The number of rotatable bonds is 2. The molecule has 0 fully saturated rings. The van der Waals surface area contributed by atoms with Crippen LogP contribution in [0.4, 0.5) is 13.2 Å². The van der Waals surface area contributed by atoms with Gasteiger partial charge in [0, 0.05) is 22.4 Å². The van der Waals surface area contributed by atoms with Crippen molar-refractivity contribution in [2.24, 2.45) is 0 Å². The highest BCUT2D eigenvalue weighted by Crippen LogP contribution is 2.35. The van der Waals surface area contributed by atoms with Gasteiger partial charge in [0.15, 0.2) is 0 Å². The van der Waals surface area contributed by atoms with Crippen molar-refractivity contribution in [3.05, 3.63) is 63.4 Å². The zero-order valence-corrected chi connectivity index (χ0v) is 12.0. The average Bonchev–Trinajstić information content (AvgIpc) is 2.37. The molecule has 1 aromatic heterocycles. The molecule has 1 heterocycles.